The minimum Gasteiger partial charge on any atom is -0.478 e. The lowest BCUT2D eigenvalue weighted by molar-refractivity contribution is -0.131. The number of alkyl halides is 2. The van der Waals surface area contributed by atoms with Crippen molar-refractivity contribution >= 4 is 43.9 Å². The Morgan fingerprint density at radius 3 is 2.53 bits per heavy atom. The second kappa shape index (κ2) is 6.11. The molecule has 1 N–H and O–H groups in total. The second-order valence-corrected chi connectivity index (χ2v) is 4.56. The summed E-state index contributed by atoms with van der Waals surface area (Å²) < 4.78 is 29.3. The molecule has 0 fully saturated rings. The van der Waals surface area contributed by atoms with Gasteiger partial charge in [0, 0.05) is 10.5 Å². The van der Waals surface area contributed by atoms with Gasteiger partial charge in [-0.3, -0.25) is 0 Å². The fourth-order valence-electron chi connectivity index (χ4n) is 1.02. The van der Waals surface area contributed by atoms with Crippen molar-refractivity contribution in [2.75, 3.05) is 0 Å². The van der Waals surface area contributed by atoms with Gasteiger partial charge in [0.05, 0.1) is 4.47 Å². The van der Waals surface area contributed by atoms with Gasteiger partial charge in [-0.05, 0) is 39.7 Å². The monoisotopic (exact) mass is 370 g/mol. The first-order valence-electron chi connectivity index (χ1n) is 4.25. The predicted octanol–water partition coefficient (Wildman–Crippen LogP) is 3.91. The van der Waals surface area contributed by atoms with E-state index < -0.39 is 12.6 Å². The van der Waals surface area contributed by atoms with Gasteiger partial charge in [0.2, 0.25) is 0 Å². The molecule has 0 amide bonds. The first-order chi connectivity index (χ1) is 7.90. The highest BCUT2D eigenvalue weighted by Crippen LogP contribution is 2.33. The van der Waals surface area contributed by atoms with Crippen LogP contribution in [0.1, 0.15) is 5.56 Å². The first kappa shape index (κ1) is 14.1. The van der Waals surface area contributed by atoms with E-state index in [9.17, 15) is 13.6 Å². The normalized spacial score (nSPS) is 11.1. The number of hydrogen-bond donors (Lipinski definition) is 1. The van der Waals surface area contributed by atoms with Gasteiger partial charge < -0.3 is 9.84 Å². The van der Waals surface area contributed by atoms with Crippen molar-refractivity contribution in [2.45, 2.75) is 6.61 Å². The maximum absolute atomic E-state index is 12.1. The van der Waals surface area contributed by atoms with Crippen molar-refractivity contribution in [3.05, 3.63) is 32.7 Å². The highest BCUT2D eigenvalue weighted by atomic mass is 79.9. The molecule has 0 aliphatic carbocycles. The summed E-state index contributed by atoms with van der Waals surface area (Å²) in [5.74, 6) is -1.19. The Morgan fingerprint density at radius 2 is 2.00 bits per heavy atom. The number of carboxylic acid groups (broad SMARTS) is 1. The molecule has 0 bridgehead atoms. The van der Waals surface area contributed by atoms with Gasteiger partial charge in [-0.1, -0.05) is 15.9 Å². The van der Waals surface area contributed by atoms with E-state index in [2.05, 4.69) is 36.6 Å². The molecule has 0 aliphatic rings. The average molecular weight is 372 g/mol. The summed E-state index contributed by atoms with van der Waals surface area (Å²) >= 11 is 6.24. The van der Waals surface area contributed by atoms with Crippen LogP contribution >= 0.6 is 31.9 Å². The van der Waals surface area contributed by atoms with Crippen LogP contribution in [0.5, 0.6) is 5.75 Å². The molecule has 0 saturated carbocycles. The average Bonchev–Trinajstić information content (AvgIpc) is 2.19. The number of benzene rings is 1. The molecule has 0 atom stereocenters. The van der Waals surface area contributed by atoms with Crippen molar-refractivity contribution < 1.29 is 23.4 Å². The van der Waals surface area contributed by atoms with E-state index in [1.807, 2.05) is 0 Å². The van der Waals surface area contributed by atoms with Gasteiger partial charge in [-0.15, -0.1) is 0 Å². The lowest BCUT2D eigenvalue weighted by atomic mass is 10.2. The lowest BCUT2D eigenvalue weighted by Crippen LogP contribution is -2.02. The van der Waals surface area contributed by atoms with Crippen molar-refractivity contribution in [2.24, 2.45) is 0 Å². The van der Waals surface area contributed by atoms with Gasteiger partial charge in [-0.25, -0.2) is 4.79 Å². The topological polar surface area (TPSA) is 46.5 Å². The molecule has 0 aliphatic heterocycles. The number of carbonyl (C=O) groups is 1. The van der Waals surface area contributed by atoms with Gasteiger partial charge in [0.15, 0.2) is 0 Å². The van der Waals surface area contributed by atoms with E-state index in [1.165, 1.54) is 18.2 Å². The van der Waals surface area contributed by atoms with Gasteiger partial charge in [0.25, 0.3) is 0 Å². The Morgan fingerprint density at radius 1 is 1.35 bits per heavy atom. The van der Waals surface area contributed by atoms with Crippen molar-refractivity contribution in [3.63, 3.8) is 0 Å². The van der Waals surface area contributed by atoms with E-state index in [1.54, 1.807) is 0 Å². The van der Waals surface area contributed by atoms with Gasteiger partial charge >= 0.3 is 12.6 Å². The van der Waals surface area contributed by atoms with Crippen molar-refractivity contribution in [3.8, 4) is 5.75 Å². The van der Waals surface area contributed by atoms with Gasteiger partial charge in [0.1, 0.15) is 5.75 Å². The third-order valence-corrected chi connectivity index (χ3v) is 2.98. The molecule has 3 nitrogen and oxygen atoms in total. The fraction of sp³-hybridized carbons (Fsp3) is 0.100. The molecule has 0 radical (unpaired) electrons. The summed E-state index contributed by atoms with van der Waals surface area (Å²) in [6.45, 7) is -2.94. The Bertz CT molecular complexity index is 461. The summed E-state index contributed by atoms with van der Waals surface area (Å²) in [6.07, 6.45) is 2.18. The molecule has 0 aromatic heterocycles. The van der Waals surface area contributed by atoms with E-state index >= 15 is 0 Å². The van der Waals surface area contributed by atoms with E-state index in [4.69, 9.17) is 5.11 Å². The number of aliphatic carboxylic acids is 1. The first-order valence-corrected chi connectivity index (χ1v) is 5.83. The van der Waals surface area contributed by atoms with Crippen LogP contribution in [0.15, 0.2) is 27.2 Å². The molecule has 0 heterocycles. The summed E-state index contributed by atoms with van der Waals surface area (Å²) in [6, 6.07) is 2.80. The molecule has 7 heteroatoms. The van der Waals surface area contributed by atoms with Crippen LogP contribution in [-0.2, 0) is 4.79 Å². The lowest BCUT2D eigenvalue weighted by Gasteiger charge is -2.09. The summed E-state index contributed by atoms with van der Waals surface area (Å²) in [4.78, 5) is 10.4. The van der Waals surface area contributed by atoms with Crippen LogP contribution in [0.25, 0.3) is 6.08 Å². The molecule has 0 saturated heterocycles. The summed E-state index contributed by atoms with van der Waals surface area (Å²) in [7, 11) is 0. The number of carboxylic acids is 1. The Hall–Kier alpha value is -0.950. The molecular weight excluding hydrogens is 366 g/mol. The highest BCUT2D eigenvalue weighted by molar-refractivity contribution is 9.11. The van der Waals surface area contributed by atoms with E-state index in [0.29, 0.717) is 14.5 Å². The molecule has 0 spiro atoms. The van der Waals surface area contributed by atoms with E-state index in [-0.39, 0.29) is 5.75 Å². The van der Waals surface area contributed by atoms with E-state index in [0.717, 1.165) is 6.08 Å². The fourth-order valence-corrected chi connectivity index (χ4v) is 2.24. The highest BCUT2D eigenvalue weighted by Gasteiger charge is 2.11. The van der Waals surface area contributed by atoms with Crippen LogP contribution in [0.3, 0.4) is 0 Å². The van der Waals surface area contributed by atoms with Crippen LogP contribution in [0.4, 0.5) is 8.78 Å². The molecule has 17 heavy (non-hydrogen) atoms. The number of halogens is 4. The number of rotatable bonds is 4. The molecule has 1 rings (SSSR count). The summed E-state index contributed by atoms with van der Waals surface area (Å²) in [5, 5.41) is 8.47. The van der Waals surface area contributed by atoms with Crippen molar-refractivity contribution in [1.29, 1.82) is 0 Å². The van der Waals surface area contributed by atoms with Crippen LogP contribution in [-0.4, -0.2) is 17.7 Å². The predicted molar refractivity (Wildman–Crippen MR) is 65.1 cm³/mol. The maximum Gasteiger partial charge on any atom is 0.387 e. The minimum absolute atomic E-state index is 0.0618. The molecular formula is C10H6Br2F2O3. The van der Waals surface area contributed by atoms with Crippen LogP contribution < -0.4 is 4.74 Å². The zero-order valence-electron chi connectivity index (χ0n) is 8.16. The Labute approximate surface area is 112 Å². The smallest absolute Gasteiger partial charge is 0.387 e. The molecule has 0 unspecified atom stereocenters. The molecule has 1 aromatic carbocycles. The maximum atomic E-state index is 12.1. The summed E-state index contributed by atoms with van der Waals surface area (Å²) in [5.41, 5.74) is 0.422. The third kappa shape index (κ3) is 4.43. The zero-order chi connectivity index (χ0) is 13.0. The largest absolute Gasteiger partial charge is 0.478 e. The molecule has 1 aromatic rings. The van der Waals surface area contributed by atoms with Crippen molar-refractivity contribution in [1.82, 2.24) is 0 Å². The quantitative estimate of drug-likeness (QED) is 0.816. The van der Waals surface area contributed by atoms with Crippen LogP contribution in [0.2, 0.25) is 0 Å². The van der Waals surface area contributed by atoms with Gasteiger partial charge in [-0.2, -0.15) is 8.78 Å². The zero-order valence-corrected chi connectivity index (χ0v) is 11.3. The SMILES string of the molecule is O=C(O)/C=C/c1cc(OC(F)F)c(Br)cc1Br. The number of ether oxygens (including phenoxy) is 1. The van der Waals surface area contributed by atoms with Crippen LogP contribution in [0, 0.1) is 0 Å². The Balaban J connectivity index is 3.09. The second-order valence-electron chi connectivity index (χ2n) is 2.85. The number of hydrogen-bond acceptors (Lipinski definition) is 2. The molecule has 92 valence electrons. The third-order valence-electron chi connectivity index (χ3n) is 1.67. The Kier molecular flexibility index (Phi) is 5.07. The minimum atomic E-state index is -2.94. The standard InChI is InChI=1S/C10H6Br2F2O3/c11-6-4-7(12)8(17-10(13)14)3-5(6)1-2-9(15)16/h1-4,10H,(H,15,16)/b2-1+.